The van der Waals surface area contributed by atoms with Crippen LogP contribution in [0.5, 0.6) is 0 Å². The van der Waals surface area contributed by atoms with Crippen LogP contribution >= 0.6 is 0 Å². The van der Waals surface area contributed by atoms with Gasteiger partial charge in [0.25, 0.3) is 0 Å². The molecule has 0 spiro atoms. The molecular weight excluding hydrogens is 1100 g/mol. The summed E-state index contributed by atoms with van der Waals surface area (Å²) in [6.45, 7) is 9.12. The second-order valence-electron chi connectivity index (χ2n) is 20.1. The van der Waals surface area contributed by atoms with Crippen molar-refractivity contribution in [1.29, 1.82) is 0 Å². The second kappa shape index (κ2) is 50.8. The topological polar surface area (TPSA) is 220 Å². The van der Waals surface area contributed by atoms with Gasteiger partial charge in [-0.3, -0.25) is 0 Å². The minimum Gasteiger partial charge on any atom is -0.744 e. The van der Waals surface area contributed by atoms with Crippen LogP contribution < -0.4 is 0 Å². The maximum Gasteiger partial charge on any atom is 2.00 e. The molecule has 0 amide bonds. The second-order valence-corrected chi connectivity index (χ2v) is 22.8. The van der Waals surface area contributed by atoms with Gasteiger partial charge in [0.05, 0.1) is 58.5 Å². The van der Waals surface area contributed by atoms with E-state index in [0.29, 0.717) is 25.7 Å². The van der Waals surface area contributed by atoms with Crippen LogP contribution in [-0.2, 0) is 39.2 Å². The van der Waals surface area contributed by atoms with E-state index in [1.54, 1.807) is 0 Å². The molecule has 0 saturated carbocycles. The Labute approximate surface area is 518 Å². The van der Waals surface area contributed by atoms with E-state index in [1.807, 2.05) is 0 Å². The Morgan fingerprint density at radius 3 is 0.790 bits per heavy atom. The van der Waals surface area contributed by atoms with Gasteiger partial charge in [0, 0.05) is 0 Å². The monoisotopic (exact) mass is 1190 g/mol. The molecule has 0 saturated heterocycles. The van der Waals surface area contributed by atoms with Gasteiger partial charge in [-0.2, -0.15) is 0 Å². The van der Waals surface area contributed by atoms with Crippen LogP contribution in [0, 0.1) is 0 Å². The van der Waals surface area contributed by atoms with Gasteiger partial charge >= 0.3 is 61.6 Å². The fourth-order valence-electron chi connectivity index (χ4n) is 8.36. The fraction of sp³-hybridized carbons (Fsp3) is 0.625. The molecule has 2 rings (SSSR count). The van der Waals surface area contributed by atoms with Crippen molar-refractivity contribution in [2.45, 2.75) is 243 Å². The van der Waals surface area contributed by atoms with E-state index in [2.05, 4.69) is 76.3 Å². The predicted octanol–water partition coefficient (Wildman–Crippen LogP) is 16.2. The SMILES string of the molecule is CCCCC/C=C/CCCCCOC(=O)c1cccc(S(=O)(=O)[O-])c1C(=O)OCCCCC/C=C/CCCCC.CCCCC/C=C/CCCCCOC(=O)c1cccc(S(=O)(=O)[O-])c1C(=O)OCCCCC/C=C/CCCCC.[Ca+2]. The third-order valence-corrected chi connectivity index (χ3v) is 14.8. The molecule has 0 bridgehead atoms. The third-order valence-electron chi connectivity index (χ3n) is 13.0. The van der Waals surface area contributed by atoms with Crippen molar-refractivity contribution in [1.82, 2.24) is 0 Å². The molecule has 0 unspecified atom stereocenters. The molecule has 452 valence electrons. The molecule has 0 fully saturated rings. The number of carbonyl (C=O) groups excluding carboxylic acids is 4. The molecule has 0 radical (unpaired) electrons. The number of rotatable bonds is 46. The Bertz CT molecular complexity index is 2200. The number of unbranched alkanes of at least 4 members (excludes halogenated alkanes) is 24. The van der Waals surface area contributed by atoms with Gasteiger partial charge in [-0.05, 0) is 178 Å². The Morgan fingerprint density at radius 2 is 0.568 bits per heavy atom. The molecule has 17 heteroatoms. The van der Waals surface area contributed by atoms with E-state index in [0.717, 1.165) is 115 Å². The molecule has 81 heavy (non-hydrogen) atoms. The minimum absolute atomic E-state index is 0. The fourth-order valence-corrected chi connectivity index (χ4v) is 9.73. The molecule has 0 aliphatic carbocycles. The zero-order valence-electron chi connectivity index (χ0n) is 49.8. The maximum absolute atomic E-state index is 12.8. The van der Waals surface area contributed by atoms with E-state index < -0.39 is 65.0 Å². The molecule has 0 aliphatic rings. The summed E-state index contributed by atoms with van der Waals surface area (Å²) in [5.74, 6) is -3.72. The molecule has 2 aromatic rings. The Hall–Kier alpha value is -3.64. The summed E-state index contributed by atoms with van der Waals surface area (Å²) in [7, 11) is -10.0. The largest absolute Gasteiger partial charge is 2.00 e. The van der Waals surface area contributed by atoms with Crippen molar-refractivity contribution in [2.24, 2.45) is 0 Å². The molecular formula is C64H98CaO14S2. The molecule has 0 aromatic heterocycles. The van der Waals surface area contributed by atoms with Crippen molar-refractivity contribution < 1.29 is 64.1 Å². The number of hydrogen-bond acceptors (Lipinski definition) is 14. The van der Waals surface area contributed by atoms with Crippen LogP contribution in [-0.4, -0.2) is 114 Å². The molecule has 14 nitrogen and oxygen atoms in total. The van der Waals surface area contributed by atoms with Crippen LogP contribution in [0.2, 0.25) is 0 Å². The first-order chi connectivity index (χ1) is 38.6. The maximum atomic E-state index is 12.8. The summed E-state index contributed by atoms with van der Waals surface area (Å²) in [6.07, 6.45) is 50.1. The Kier molecular flexibility index (Phi) is 48.6. The van der Waals surface area contributed by atoms with Gasteiger partial charge in [0.2, 0.25) is 0 Å². The average molecular weight is 1200 g/mol. The quantitative estimate of drug-likeness (QED) is 0.0150. The molecule has 2 aromatic carbocycles. The molecule has 0 heterocycles. The van der Waals surface area contributed by atoms with Crippen molar-refractivity contribution in [3.63, 3.8) is 0 Å². The summed E-state index contributed by atoms with van der Waals surface area (Å²) in [6, 6.07) is 7.09. The normalized spacial score (nSPS) is 11.7. The van der Waals surface area contributed by atoms with E-state index in [-0.39, 0.29) is 75.3 Å². The summed E-state index contributed by atoms with van der Waals surface area (Å²) in [5.41, 5.74) is -1.65. The smallest absolute Gasteiger partial charge is 0.744 e. The molecule has 0 atom stereocenters. The van der Waals surface area contributed by atoms with E-state index in [1.165, 1.54) is 101 Å². The molecule has 0 N–H and O–H groups in total. The summed E-state index contributed by atoms with van der Waals surface area (Å²) < 4.78 is 92.1. The van der Waals surface area contributed by atoms with Crippen LogP contribution in [0.1, 0.15) is 275 Å². The Balaban J connectivity index is 0.00000156. The third kappa shape index (κ3) is 38.8. The van der Waals surface area contributed by atoms with E-state index in [9.17, 15) is 45.1 Å². The number of carbonyl (C=O) groups is 4. The van der Waals surface area contributed by atoms with Crippen molar-refractivity contribution in [3.05, 3.63) is 107 Å². The van der Waals surface area contributed by atoms with E-state index >= 15 is 0 Å². The summed E-state index contributed by atoms with van der Waals surface area (Å²) in [5, 5.41) is 0. The van der Waals surface area contributed by atoms with Gasteiger partial charge in [0.1, 0.15) is 20.2 Å². The van der Waals surface area contributed by atoms with E-state index in [4.69, 9.17) is 18.9 Å². The minimum atomic E-state index is -5.01. The number of allylic oxidation sites excluding steroid dienone is 8. The van der Waals surface area contributed by atoms with Crippen molar-refractivity contribution in [3.8, 4) is 0 Å². The first-order valence-electron chi connectivity index (χ1n) is 30.1. The van der Waals surface area contributed by atoms with Gasteiger partial charge in [-0.25, -0.2) is 36.0 Å². The zero-order chi connectivity index (χ0) is 59.0. The van der Waals surface area contributed by atoms with Crippen molar-refractivity contribution in [2.75, 3.05) is 26.4 Å². The molecule has 0 aliphatic heterocycles. The van der Waals surface area contributed by atoms with Gasteiger partial charge in [-0.15, -0.1) is 0 Å². The van der Waals surface area contributed by atoms with Gasteiger partial charge < -0.3 is 28.1 Å². The summed E-state index contributed by atoms with van der Waals surface area (Å²) >= 11 is 0. The Morgan fingerprint density at radius 1 is 0.346 bits per heavy atom. The number of esters is 4. The van der Waals surface area contributed by atoms with Crippen LogP contribution in [0.25, 0.3) is 0 Å². The summed E-state index contributed by atoms with van der Waals surface area (Å²) in [4.78, 5) is 49.5. The number of ether oxygens (including phenoxy) is 4. The number of benzene rings is 2. The standard InChI is InChI=1S/2C32H50O7S.Ca/c2*1-3-5-7-9-11-13-15-17-19-21-26-38-31(33)28-24-23-25-29(40(35,36)37)30(28)32(34)39-27-22-20-18-16-14-12-10-8-6-4-2;/h2*11-14,23-25H,3-10,15-22,26-27H2,1-2H3,(H,35,36,37);/q;;+2/p-2/b2*13-11+,14-12+;. The van der Waals surface area contributed by atoms with Gasteiger partial charge in [0.15, 0.2) is 0 Å². The van der Waals surface area contributed by atoms with Crippen LogP contribution in [0.15, 0.2) is 94.8 Å². The van der Waals surface area contributed by atoms with Crippen molar-refractivity contribution >= 4 is 81.9 Å². The first-order valence-corrected chi connectivity index (χ1v) is 32.9. The van der Waals surface area contributed by atoms with Crippen LogP contribution in [0.3, 0.4) is 0 Å². The number of hydrogen-bond donors (Lipinski definition) is 0. The average Bonchev–Trinajstić information content (AvgIpc) is 3.45. The first kappa shape index (κ1) is 77.4. The predicted molar refractivity (Wildman–Crippen MR) is 323 cm³/mol. The van der Waals surface area contributed by atoms with Gasteiger partial charge in [-0.1, -0.05) is 140 Å². The zero-order valence-corrected chi connectivity index (χ0v) is 53.6. The van der Waals surface area contributed by atoms with Crippen LogP contribution in [0.4, 0.5) is 0 Å².